The second kappa shape index (κ2) is 9.94. The molecule has 1 aliphatic heterocycles. The van der Waals surface area contributed by atoms with Crippen LogP contribution in [0.3, 0.4) is 0 Å². The van der Waals surface area contributed by atoms with Gasteiger partial charge in [0.1, 0.15) is 23.8 Å². The Labute approximate surface area is 170 Å². The summed E-state index contributed by atoms with van der Waals surface area (Å²) in [5, 5.41) is 9.48. The number of benzene rings is 2. The molecule has 1 N–H and O–H groups in total. The first-order chi connectivity index (χ1) is 14.0. The van der Waals surface area contributed by atoms with Crippen LogP contribution in [-0.2, 0) is 9.53 Å². The van der Waals surface area contributed by atoms with Gasteiger partial charge in [-0.2, -0.15) is 0 Å². The minimum atomic E-state index is -0.776. The van der Waals surface area contributed by atoms with Gasteiger partial charge in [0.15, 0.2) is 0 Å². The summed E-state index contributed by atoms with van der Waals surface area (Å²) < 4.78 is 33.1. The molecular formula is C23H27F2NO3. The molecule has 3 rings (SSSR count). The van der Waals surface area contributed by atoms with Crippen LogP contribution in [0.25, 0.3) is 0 Å². The van der Waals surface area contributed by atoms with Crippen molar-refractivity contribution in [3.63, 3.8) is 0 Å². The third-order valence-electron chi connectivity index (χ3n) is 5.44. The van der Waals surface area contributed by atoms with Crippen molar-refractivity contribution in [2.24, 2.45) is 0 Å². The molecule has 1 unspecified atom stereocenters. The zero-order valence-corrected chi connectivity index (χ0v) is 16.6. The van der Waals surface area contributed by atoms with Crippen LogP contribution in [-0.4, -0.2) is 41.2 Å². The molecule has 0 aromatic heterocycles. The van der Waals surface area contributed by atoms with E-state index < -0.39 is 18.1 Å². The maximum Gasteiger partial charge on any atom is 0.320 e. The Morgan fingerprint density at radius 2 is 1.52 bits per heavy atom. The molecule has 1 fully saturated rings. The SMILES string of the molecule is CCCC(C(=O)O)N1CCC(OC(c2ccc(F)cc2)c2ccc(F)cc2)CC1. The molecule has 0 bridgehead atoms. The van der Waals surface area contributed by atoms with Crippen molar-refractivity contribution in [2.75, 3.05) is 13.1 Å². The summed E-state index contributed by atoms with van der Waals surface area (Å²) in [7, 11) is 0. The van der Waals surface area contributed by atoms with Crippen molar-refractivity contribution in [1.29, 1.82) is 0 Å². The van der Waals surface area contributed by atoms with Crippen molar-refractivity contribution in [3.05, 3.63) is 71.3 Å². The summed E-state index contributed by atoms with van der Waals surface area (Å²) in [6.45, 7) is 3.30. The number of hydrogen-bond acceptors (Lipinski definition) is 3. The van der Waals surface area contributed by atoms with Gasteiger partial charge in [-0.05, 0) is 54.7 Å². The van der Waals surface area contributed by atoms with Gasteiger partial charge in [0.2, 0.25) is 0 Å². The fourth-order valence-electron chi connectivity index (χ4n) is 3.88. The van der Waals surface area contributed by atoms with E-state index in [9.17, 15) is 18.7 Å². The normalized spacial score (nSPS) is 16.8. The Hall–Kier alpha value is -2.31. The van der Waals surface area contributed by atoms with Crippen LogP contribution in [0, 0.1) is 11.6 Å². The van der Waals surface area contributed by atoms with E-state index in [-0.39, 0.29) is 17.7 Å². The zero-order valence-electron chi connectivity index (χ0n) is 16.6. The highest BCUT2D eigenvalue weighted by molar-refractivity contribution is 5.73. The van der Waals surface area contributed by atoms with E-state index in [1.54, 1.807) is 24.3 Å². The lowest BCUT2D eigenvalue weighted by atomic mass is 9.99. The first-order valence-electron chi connectivity index (χ1n) is 10.1. The van der Waals surface area contributed by atoms with E-state index in [1.165, 1.54) is 24.3 Å². The molecule has 156 valence electrons. The number of aliphatic carboxylic acids is 1. The van der Waals surface area contributed by atoms with Crippen LogP contribution >= 0.6 is 0 Å². The average molecular weight is 403 g/mol. The lowest BCUT2D eigenvalue weighted by molar-refractivity contribution is -0.145. The Morgan fingerprint density at radius 1 is 1.03 bits per heavy atom. The van der Waals surface area contributed by atoms with Gasteiger partial charge in [0, 0.05) is 13.1 Å². The summed E-state index contributed by atoms with van der Waals surface area (Å²) in [5.41, 5.74) is 1.60. The molecule has 6 heteroatoms. The Kier molecular flexibility index (Phi) is 7.34. The molecule has 2 aromatic rings. The lowest BCUT2D eigenvalue weighted by Gasteiger charge is -2.37. The third kappa shape index (κ3) is 5.61. The fourth-order valence-corrected chi connectivity index (χ4v) is 3.88. The Balaban J connectivity index is 1.71. The first kappa shape index (κ1) is 21.4. The summed E-state index contributed by atoms with van der Waals surface area (Å²) in [4.78, 5) is 13.5. The molecule has 1 aliphatic rings. The predicted molar refractivity (Wildman–Crippen MR) is 107 cm³/mol. The number of piperidine rings is 1. The smallest absolute Gasteiger partial charge is 0.320 e. The fraction of sp³-hybridized carbons (Fsp3) is 0.435. The van der Waals surface area contributed by atoms with Crippen molar-refractivity contribution >= 4 is 5.97 Å². The zero-order chi connectivity index (χ0) is 20.8. The standard InChI is InChI=1S/C23H27F2NO3/c1-2-3-21(23(27)28)26-14-12-20(13-15-26)29-22(16-4-8-18(24)9-5-16)17-6-10-19(25)11-7-17/h4-11,20-22H,2-3,12-15H2,1H3,(H,27,28). The average Bonchev–Trinajstić information content (AvgIpc) is 2.72. The Morgan fingerprint density at radius 3 is 1.93 bits per heavy atom. The van der Waals surface area contributed by atoms with Crippen LogP contribution in [0.5, 0.6) is 0 Å². The number of likely N-dealkylation sites (tertiary alicyclic amines) is 1. The Bertz CT molecular complexity index is 741. The third-order valence-corrected chi connectivity index (χ3v) is 5.44. The van der Waals surface area contributed by atoms with Crippen LogP contribution < -0.4 is 0 Å². The number of carboxylic acids is 1. The van der Waals surface area contributed by atoms with E-state index in [1.807, 2.05) is 11.8 Å². The van der Waals surface area contributed by atoms with Gasteiger partial charge < -0.3 is 9.84 Å². The number of halogens is 2. The van der Waals surface area contributed by atoms with Gasteiger partial charge >= 0.3 is 5.97 Å². The molecule has 1 saturated heterocycles. The molecule has 0 spiro atoms. The lowest BCUT2D eigenvalue weighted by Crippen LogP contribution is -2.47. The van der Waals surface area contributed by atoms with Gasteiger partial charge in [-0.25, -0.2) is 8.78 Å². The van der Waals surface area contributed by atoms with Crippen LogP contribution in [0.1, 0.15) is 49.8 Å². The highest BCUT2D eigenvalue weighted by Gasteiger charge is 2.30. The van der Waals surface area contributed by atoms with Gasteiger partial charge in [0.05, 0.1) is 6.10 Å². The van der Waals surface area contributed by atoms with E-state index in [0.29, 0.717) is 32.4 Å². The highest BCUT2D eigenvalue weighted by Crippen LogP contribution is 2.31. The second-order valence-corrected chi connectivity index (χ2v) is 7.50. The van der Waals surface area contributed by atoms with E-state index >= 15 is 0 Å². The molecule has 0 amide bonds. The maximum atomic E-state index is 13.4. The summed E-state index contributed by atoms with van der Waals surface area (Å²) in [6, 6.07) is 11.8. The number of carboxylic acid groups (broad SMARTS) is 1. The number of nitrogens with zero attached hydrogens (tertiary/aromatic N) is 1. The molecule has 4 nitrogen and oxygen atoms in total. The number of carbonyl (C=O) groups is 1. The molecule has 1 atom stereocenters. The molecule has 2 aromatic carbocycles. The number of hydrogen-bond donors (Lipinski definition) is 1. The molecular weight excluding hydrogens is 376 g/mol. The van der Waals surface area contributed by atoms with Crippen LogP contribution in [0.2, 0.25) is 0 Å². The van der Waals surface area contributed by atoms with Gasteiger partial charge in [-0.3, -0.25) is 9.69 Å². The van der Waals surface area contributed by atoms with E-state index in [0.717, 1.165) is 17.5 Å². The molecule has 0 aliphatic carbocycles. The topological polar surface area (TPSA) is 49.8 Å². The van der Waals surface area contributed by atoms with E-state index in [4.69, 9.17) is 4.74 Å². The summed E-state index contributed by atoms with van der Waals surface area (Å²) in [6.07, 6.45) is 2.40. The van der Waals surface area contributed by atoms with E-state index in [2.05, 4.69) is 0 Å². The van der Waals surface area contributed by atoms with Crippen molar-refractivity contribution in [2.45, 2.75) is 50.9 Å². The molecule has 0 saturated carbocycles. The predicted octanol–water partition coefficient (Wildman–Crippen LogP) is 4.79. The van der Waals surface area contributed by atoms with Crippen molar-refractivity contribution in [1.82, 2.24) is 4.90 Å². The molecule has 29 heavy (non-hydrogen) atoms. The quantitative estimate of drug-likeness (QED) is 0.689. The number of rotatable bonds is 8. The second-order valence-electron chi connectivity index (χ2n) is 7.50. The van der Waals surface area contributed by atoms with Gasteiger partial charge in [-0.15, -0.1) is 0 Å². The van der Waals surface area contributed by atoms with Crippen molar-refractivity contribution < 1.29 is 23.4 Å². The molecule has 0 radical (unpaired) electrons. The van der Waals surface area contributed by atoms with Gasteiger partial charge in [-0.1, -0.05) is 37.6 Å². The number of ether oxygens (including phenoxy) is 1. The summed E-state index contributed by atoms with van der Waals surface area (Å²) in [5.74, 6) is -1.42. The largest absolute Gasteiger partial charge is 0.480 e. The van der Waals surface area contributed by atoms with Crippen molar-refractivity contribution in [3.8, 4) is 0 Å². The minimum Gasteiger partial charge on any atom is -0.480 e. The van der Waals surface area contributed by atoms with Gasteiger partial charge in [0.25, 0.3) is 0 Å². The maximum absolute atomic E-state index is 13.4. The van der Waals surface area contributed by atoms with Crippen LogP contribution in [0.4, 0.5) is 8.78 Å². The van der Waals surface area contributed by atoms with Crippen LogP contribution in [0.15, 0.2) is 48.5 Å². The summed E-state index contributed by atoms with van der Waals surface area (Å²) >= 11 is 0. The monoisotopic (exact) mass is 403 g/mol. The molecule has 1 heterocycles. The highest BCUT2D eigenvalue weighted by atomic mass is 19.1. The first-order valence-corrected chi connectivity index (χ1v) is 10.1. The minimum absolute atomic E-state index is 0.0533.